The third-order valence-electron chi connectivity index (χ3n) is 4.59. The van der Waals surface area contributed by atoms with E-state index in [9.17, 15) is 9.90 Å². The highest BCUT2D eigenvalue weighted by molar-refractivity contribution is 5.98. The molecule has 0 saturated carbocycles. The Hall–Kier alpha value is -2.34. The molecule has 6 heteroatoms. The van der Waals surface area contributed by atoms with Gasteiger partial charge in [-0.15, -0.1) is 0 Å². The Morgan fingerprint density at radius 1 is 1.42 bits per heavy atom. The molecule has 1 aliphatic heterocycles. The van der Waals surface area contributed by atoms with E-state index in [0.29, 0.717) is 30.8 Å². The smallest absolute Gasteiger partial charge is 0.257 e. The second kappa shape index (κ2) is 6.65. The number of nitrogens with zero attached hydrogens (tertiary/aromatic N) is 2. The zero-order chi connectivity index (χ0) is 17.3. The second-order valence-corrected chi connectivity index (χ2v) is 6.44. The highest BCUT2D eigenvalue weighted by Crippen LogP contribution is 2.28. The van der Waals surface area contributed by atoms with Crippen molar-refractivity contribution in [3.8, 4) is 5.75 Å². The molecule has 1 amide bonds. The maximum Gasteiger partial charge on any atom is 0.257 e. The van der Waals surface area contributed by atoms with Crippen molar-refractivity contribution in [2.45, 2.75) is 26.4 Å². The summed E-state index contributed by atoms with van der Waals surface area (Å²) in [7, 11) is 1.56. The Morgan fingerprint density at radius 3 is 2.88 bits per heavy atom. The first-order valence-electron chi connectivity index (χ1n) is 8.11. The van der Waals surface area contributed by atoms with E-state index in [0.717, 1.165) is 17.0 Å². The van der Waals surface area contributed by atoms with Gasteiger partial charge < -0.3 is 14.7 Å². The Morgan fingerprint density at radius 2 is 2.21 bits per heavy atom. The molecule has 24 heavy (non-hydrogen) atoms. The van der Waals surface area contributed by atoms with Gasteiger partial charge in [-0.25, -0.2) is 0 Å². The molecular weight excluding hydrogens is 306 g/mol. The minimum atomic E-state index is -0.541. The van der Waals surface area contributed by atoms with E-state index < -0.39 is 6.10 Å². The number of aliphatic hydroxyl groups excluding tert-OH is 1. The van der Waals surface area contributed by atoms with Crippen molar-refractivity contribution in [1.82, 2.24) is 15.1 Å². The average molecular weight is 329 g/mol. The van der Waals surface area contributed by atoms with Crippen LogP contribution in [0.25, 0.3) is 0 Å². The Balaban J connectivity index is 1.76. The molecule has 0 unspecified atom stereocenters. The zero-order valence-corrected chi connectivity index (χ0v) is 14.2. The van der Waals surface area contributed by atoms with Crippen LogP contribution in [0.1, 0.15) is 27.3 Å². The lowest BCUT2D eigenvalue weighted by Crippen LogP contribution is -2.30. The number of aromatic amines is 1. The predicted octanol–water partition coefficient (Wildman–Crippen LogP) is 1.71. The summed E-state index contributed by atoms with van der Waals surface area (Å²) in [5.41, 5.74) is 3.36. The molecule has 1 fully saturated rings. The summed E-state index contributed by atoms with van der Waals surface area (Å²) < 4.78 is 5.33. The van der Waals surface area contributed by atoms with Crippen LogP contribution >= 0.6 is 0 Å². The van der Waals surface area contributed by atoms with Crippen LogP contribution in [-0.2, 0) is 6.42 Å². The predicted molar refractivity (Wildman–Crippen MR) is 90.2 cm³/mol. The van der Waals surface area contributed by atoms with Gasteiger partial charge >= 0.3 is 0 Å². The fourth-order valence-corrected chi connectivity index (χ4v) is 3.31. The molecule has 0 spiro atoms. The van der Waals surface area contributed by atoms with Gasteiger partial charge in [-0.1, -0.05) is 12.1 Å². The number of hydrogen-bond donors (Lipinski definition) is 2. The molecule has 2 aromatic rings. The minimum absolute atomic E-state index is 0.00772. The molecule has 2 N–H and O–H groups in total. The number of ether oxygens (including phenoxy) is 1. The van der Waals surface area contributed by atoms with E-state index in [1.165, 1.54) is 0 Å². The maximum atomic E-state index is 12.9. The SMILES string of the molecule is COc1cccc(C)c1C(=O)N1C[C@@H](Cc2cc(C)[nH]n2)[C@H](O)C1. The molecule has 1 aromatic carbocycles. The van der Waals surface area contributed by atoms with Crippen molar-refractivity contribution in [3.63, 3.8) is 0 Å². The van der Waals surface area contributed by atoms with Crippen molar-refractivity contribution in [3.05, 3.63) is 46.8 Å². The summed E-state index contributed by atoms with van der Waals surface area (Å²) in [4.78, 5) is 14.6. The molecule has 0 aliphatic carbocycles. The number of benzene rings is 1. The third kappa shape index (κ3) is 3.14. The summed E-state index contributed by atoms with van der Waals surface area (Å²) in [5, 5.41) is 17.5. The largest absolute Gasteiger partial charge is 0.496 e. The third-order valence-corrected chi connectivity index (χ3v) is 4.59. The van der Waals surface area contributed by atoms with Gasteiger partial charge in [0.15, 0.2) is 0 Å². The molecule has 3 rings (SSSR count). The quantitative estimate of drug-likeness (QED) is 0.895. The van der Waals surface area contributed by atoms with E-state index in [4.69, 9.17) is 4.74 Å². The number of aromatic nitrogens is 2. The Labute approximate surface area is 141 Å². The molecule has 0 bridgehead atoms. The van der Waals surface area contributed by atoms with Gasteiger partial charge in [0.05, 0.1) is 24.5 Å². The summed E-state index contributed by atoms with van der Waals surface area (Å²) in [6.45, 7) is 4.70. The number of aryl methyl sites for hydroxylation is 2. The van der Waals surface area contributed by atoms with E-state index >= 15 is 0 Å². The van der Waals surface area contributed by atoms with Crippen LogP contribution in [0.4, 0.5) is 0 Å². The number of nitrogens with one attached hydrogen (secondary N) is 1. The molecule has 2 heterocycles. The number of β-amino-alcohol motifs (C(OH)–C–C–N with tert-alkyl or cyclic N) is 1. The first-order chi connectivity index (χ1) is 11.5. The molecule has 6 nitrogen and oxygen atoms in total. The lowest BCUT2D eigenvalue weighted by atomic mass is 10.00. The summed E-state index contributed by atoms with van der Waals surface area (Å²) in [6.07, 6.45) is 0.112. The molecular formula is C18H23N3O3. The van der Waals surface area contributed by atoms with E-state index in [2.05, 4.69) is 10.2 Å². The summed E-state index contributed by atoms with van der Waals surface area (Å²) in [5.74, 6) is 0.470. The second-order valence-electron chi connectivity index (χ2n) is 6.44. The van der Waals surface area contributed by atoms with Crippen LogP contribution < -0.4 is 4.74 Å². The van der Waals surface area contributed by atoms with Gasteiger partial charge in [0.25, 0.3) is 5.91 Å². The number of amides is 1. The number of methoxy groups -OCH3 is 1. The Bertz CT molecular complexity index is 741. The topological polar surface area (TPSA) is 78.5 Å². The summed E-state index contributed by atoms with van der Waals surface area (Å²) >= 11 is 0. The van der Waals surface area contributed by atoms with Crippen molar-refractivity contribution in [1.29, 1.82) is 0 Å². The van der Waals surface area contributed by atoms with Gasteiger partial charge in [-0.3, -0.25) is 9.89 Å². The fraction of sp³-hybridized carbons (Fsp3) is 0.444. The number of carbonyl (C=O) groups excluding carboxylic acids is 1. The Kier molecular flexibility index (Phi) is 4.57. The van der Waals surface area contributed by atoms with Crippen LogP contribution in [0.2, 0.25) is 0 Å². The average Bonchev–Trinajstić information content (AvgIpc) is 3.13. The molecule has 128 valence electrons. The first kappa shape index (κ1) is 16.5. The van der Waals surface area contributed by atoms with Gasteiger partial charge in [-0.05, 0) is 38.0 Å². The fourth-order valence-electron chi connectivity index (χ4n) is 3.31. The van der Waals surface area contributed by atoms with E-state index in [1.54, 1.807) is 18.1 Å². The lowest BCUT2D eigenvalue weighted by Gasteiger charge is -2.19. The highest BCUT2D eigenvalue weighted by atomic mass is 16.5. The summed E-state index contributed by atoms with van der Waals surface area (Å²) in [6, 6.07) is 7.52. The standard InChI is InChI=1S/C18H23N3O3/c1-11-5-4-6-16(24-3)17(11)18(23)21-9-13(15(22)10-21)8-14-7-12(2)19-20-14/h4-7,13,15,22H,8-10H2,1-3H3,(H,19,20)/t13-,15-/m1/s1. The maximum absolute atomic E-state index is 12.9. The van der Waals surface area contributed by atoms with Crippen LogP contribution in [0, 0.1) is 19.8 Å². The highest BCUT2D eigenvalue weighted by Gasteiger charge is 2.36. The number of hydrogen-bond acceptors (Lipinski definition) is 4. The van der Waals surface area contributed by atoms with Crippen molar-refractivity contribution >= 4 is 5.91 Å². The number of likely N-dealkylation sites (tertiary alicyclic amines) is 1. The van der Waals surface area contributed by atoms with E-state index in [1.807, 2.05) is 32.0 Å². The molecule has 1 aliphatic rings. The van der Waals surface area contributed by atoms with Gasteiger partial charge in [0.1, 0.15) is 5.75 Å². The van der Waals surface area contributed by atoms with E-state index in [-0.39, 0.29) is 11.8 Å². The van der Waals surface area contributed by atoms with Crippen molar-refractivity contribution < 1.29 is 14.6 Å². The lowest BCUT2D eigenvalue weighted by molar-refractivity contribution is 0.0760. The van der Waals surface area contributed by atoms with Gasteiger partial charge in [0, 0.05) is 24.7 Å². The minimum Gasteiger partial charge on any atom is -0.496 e. The normalized spacial score (nSPS) is 20.4. The molecule has 0 radical (unpaired) electrons. The van der Waals surface area contributed by atoms with Crippen LogP contribution in [0.3, 0.4) is 0 Å². The number of aliphatic hydroxyl groups is 1. The number of rotatable bonds is 4. The first-order valence-corrected chi connectivity index (χ1v) is 8.11. The monoisotopic (exact) mass is 329 g/mol. The number of carbonyl (C=O) groups is 1. The number of H-pyrrole nitrogens is 1. The van der Waals surface area contributed by atoms with Crippen LogP contribution in [-0.4, -0.2) is 52.4 Å². The van der Waals surface area contributed by atoms with Crippen molar-refractivity contribution in [2.24, 2.45) is 5.92 Å². The van der Waals surface area contributed by atoms with Crippen LogP contribution in [0.5, 0.6) is 5.75 Å². The van der Waals surface area contributed by atoms with Gasteiger partial charge in [0.2, 0.25) is 0 Å². The molecule has 2 atom stereocenters. The molecule has 1 aromatic heterocycles. The molecule has 1 saturated heterocycles. The zero-order valence-electron chi connectivity index (χ0n) is 14.2. The van der Waals surface area contributed by atoms with Crippen molar-refractivity contribution in [2.75, 3.05) is 20.2 Å². The van der Waals surface area contributed by atoms with Crippen LogP contribution in [0.15, 0.2) is 24.3 Å². The van der Waals surface area contributed by atoms with Gasteiger partial charge in [-0.2, -0.15) is 5.10 Å².